The Balaban J connectivity index is 2.25. The van der Waals surface area contributed by atoms with Gasteiger partial charge in [-0.05, 0) is 19.3 Å². The molecule has 0 saturated heterocycles. The molecule has 1 rings (SSSR count). The molecule has 0 aromatic rings. The first kappa shape index (κ1) is 12.9. The summed E-state index contributed by atoms with van der Waals surface area (Å²) >= 11 is 0. The van der Waals surface area contributed by atoms with Gasteiger partial charge in [0.25, 0.3) is 0 Å². The number of guanidine groups is 1. The van der Waals surface area contributed by atoms with Crippen molar-refractivity contribution in [1.82, 2.24) is 5.32 Å². The Bertz CT molecular complexity index is 287. The van der Waals surface area contributed by atoms with Crippen molar-refractivity contribution in [2.45, 2.75) is 32.1 Å². The average Bonchev–Trinajstić information content (AvgIpc) is 2.52. The quantitative estimate of drug-likeness (QED) is 0.441. The number of aliphatic imine (C=N–C) groups is 1. The number of nitrogens with two attached hydrogens (primary N) is 1. The summed E-state index contributed by atoms with van der Waals surface area (Å²) in [6.07, 6.45) is 0.490. The highest BCUT2D eigenvalue weighted by molar-refractivity contribution is 5.77. The maximum Gasteiger partial charge on any atom is 0.248 e. The predicted octanol–water partition coefficient (Wildman–Crippen LogP) is 1.90. The van der Waals surface area contributed by atoms with Crippen LogP contribution in [-0.4, -0.2) is 25.0 Å². The van der Waals surface area contributed by atoms with Crippen LogP contribution in [0.3, 0.4) is 0 Å². The molecule has 1 unspecified atom stereocenters. The SMILES string of the molecule is C=C(C)CN=C(N)NCC1CCC(F)(F)C1. The summed E-state index contributed by atoms with van der Waals surface area (Å²) in [5, 5.41) is 2.87. The van der Waals surface area contributed by atoms with E-state index in [0.717, 1.165) is 5.57 Å². The number of hydrogen-bond donors (Lipinski definition) is 2. The van der Waals surface area contributed by atoms with Crippen LogP contribution in [0.4, 0.5) is 8.78 Å². The second-order valence-corrected chi connectivity index (χ2v) is 4.50. The zero-order valence-electron chi connectivity index (χ0n) is 9.60. The molecule has 1 aliphatic carbocycles. The van der Waals surface area contributed by atoms with Crippen LogP contribution in [0.2, 0.25) is 0 Å². The Kier molecular flexibility index (Phi) is 4.26. The van der Waals surface area contributed by atoms with Crippen LogP contribution >= 0.6 is 0 Å². The second kappa shape index (κ2) is 5.27. The summed E-state index contributed by atoms with van der Waals surface area (Å²) in [6, 6.07) is 0. The van der Waals surface area contributed by atoms with Crippen LogP contribution in [0.1, 0.15) is 26.2 Å². The van der Waals surface area contributed by atoms with Crippen molar-refractivity contribution in [2.75, 3.05) is 13.1 Å². The van der Waals surface area contributed by atoms with Gasteiger partial charge in [0.2, 0.25) is 5.92 Å². The van der Waals surface area contributed by atoms with Gasteiger partial charge in [0.15, 0.2) is 5.96 Å². The van der Waals surface area contributed by atoms with E-state index < -0.39 is 5.92 Å². The number of nitrogens with zero attached hydrogens (tertiary/aromatic N) is 1. The highest BCUT2D eigenvalue weighted by Crippen LogP contribution is 2.38. The summed E-state index contributed by atoms with van der Waals surface area (Å²) < 4.78 is 25.7. The van der Waals surface area contributed by atoms with Crippen LogP contribution in [-0.2, 0) is 0 Å². The molecule has 0 aromatic heterocycles. The number of halogens is 2. The van der Waals surface area contributed by atoms with Gasteiger partial charge >= 0.3 is 0 Å². The second-order valence-electron chi connectivity index (χ2n) is 4.50. The van der Waals surface area contributed by atoms with E-state index in [9.17, 15) is 8.78 Å². The molecule has 1 aliphatic rings. The smallest absolute Gasteiger partial charge is 0.248 e. The fraction of sp³-hybridized carbons (Fsp3) is 0.727. The Morgan fingerprint density at radius 3 is 2.81 bits per heavy atom. The van der Waals surface area contributed by atoms with Crippen molar-refractivity contribution in [3.05, 3.63) is 12.2 Å². The van der Waals surface area contributed by atoms with Gasteiger partial charge in [-0.3, -0.25) is 0 Å². The van der Waals surface area contributed by atoms with E-state index in [-0.39, 0.29) is 18.8 Å². The minimum atomic E-state index is -2.49. The summed E-state index contributed by atoms with van der Waals surface area (Å²) in [5.41, 5.74) is 6.49. The van der Waals surface area contributed by atoms with Crippen LogP contribution < -0.4 is 11.1 Å². The van der Waals surface area contributed by atoms with E-state index in [1.165, 1.54) is 0 Å². The van der Waals surface area contributed by atoms with Gasteiger partial charge in [0, 0.05) is 19.4 Å². The molecule has 1 atom stereocenters. The molecule has 16 heavy (non-hydrogen) atoms. The van der Waals surface area contributed by atoms with Gasteiger partial charge in [0.05, 0.1) is 6.54 Å². The zero-order chi connectivity index (χ0) is 12.2. The number of rotatable bonds is 4. The third-order valence-corrected chi connectivity index (χ3v) is 2.60. The molecule has 0 radical (unpaired) electrons. The summed E-state index contributed by atoms with van der Waals surface area (Å²) in [7, 11) is 0. The maximum atomic E-state index is 12.9. The Morgan fingerprint density at radius 1 is 1.62 bits per heavy atom. The molecule has 0 aromatic carbocycles. The molecule has 0 bridgehead atoms. The first-order valence-corrected chi connectivity index (χ1v) is 5.45. The van der Waals surface area contributed by atoms with E-state index in [1.807, 2.05) is 6.92 Å². The molecule has 0 heterocycles. The monoisotopic (exact) mass is 231 g/mol. The number of alkyl halides is 2. The summed E-state index contributed by atoms with van der Waals surface area (Å²) in [4.78, 5) is 4.02. The maximum absolute atomic E-state index is 12.9. The molecule has 1 fully saturated rings. The fourth-order valence-corrected chi connectivity index (χ4v) is 1.74. The third kappa shape index (κ3) is 4.59. The number of nitrogens with one attached hydrogen (secondary N) is 1. The Labute approximate surface area is 94.8 Å². The topological polar surface area (TPSA) is 50.4 Å². The molecular formula is C11H19F2N3. The van der Waals surface area contributed by atoms with Gasteiger partial charge < -0.3 is 11.1 Å². The zero-order valence-corrected chi connectivity index (χ0v) is 9.60. The lowest BCUT2D eigenvalue weighted by molar-refractivity contribution is 0.00524. The predicted molar refractivity (Wildman–Crippen MR) is 61.6 cm³/mol. The van der Waals surface area contributed by atoms with Crippen molar-refractivity contribution in [2.24, 2.45) is 16.6 Å². The van der Waals surface area contributed by atoms with E-state index >= 15 is 0 Å². The van der Waals surface area contributed by atoms with Crippen molar-refractivity contribution in [3.63, 3.8) is 0 Å². The molecule has 3 N–H and O–H groups in total. The van der Waals surface area contributed by atoms with Gasteiger partial charge in [-0.15, -0.1) is 0 Å². The van der Waals surface area contributed by atoms with E-state index in [2.05, 4.69) is 16.9 Å². The van der Waals surface area contributed by atoms with Crippen LogP contribution in [0, 0.1) is 5.92 Å². The average molecular weight is 231 g/mol. The van der Waals surface area contributed by atoms with Crippen LogP contribution in [0.5, 0.6) is 0 Å². The van der Waals surface area contributed by atoms with E-state index in [4.69, 9.17) is 5.73 Å². The molecule has 92 valence electrons. The van der Waals surface area contributed by atoms with Crippen molar-refractivity contribution < 1.29 is 8.78 Å². The van der Waals surface area contributed by atoms with Gasteiger partial charge in [-0.2, -0.15) is 0 Å². The standard InChI is InChI=1S/C11H19F2N3/c1-8(2)6-15-10(14)16-7-9-3-4-11(12,13)5-9/h9H,1,3-7H2,2H3,(H3,14,15,16). The minimum absolute atomic E-state index is 0.00595. The van der Waals surface area contributed by atoms with E-state index in [0.29, 0.717) is 25.5 Å². The lowest BCUT2D eigenvalue weighted by Gasteiger charge is -2.12. The first-order chi connectivity index (χ1) is 7.39. The lowest BCUT2D eigenvalue weighted by Crippen LogP contribution is -2.35. The highest BCUT2D eigenvalue weighted by atomic mass is 19.3. The highest BCUT2D eigenvalue weighted by Gasteiger charge is 2.39. The lowest BCUT2D eigenvalue weighted by atomic mass is 10.1. The fourth-order valence-electron chi connectivity index (χ4n) is 1.74. The molecule has 0 amide bonds. The number of hydrogen-bond acceptors (Lipinski definition) is 1. The van der Waals surface area contributed by atoms with Crippen molar-refractivity contribution in [1.29, 1.82) is 0 Å². The Hall–Kier alpha value is -1.13. The largest absolute Gasteiger partial charge is 0.370 e. The summed E-state index contributed by atoms with van der Waals surface area (Å²) in [6.45, 7) is 6.49. The van der Waals surface area contributed by atoms with Gasteiger partial charge in [-0.1, -0.05) is 12.2 Å². The molecule has 0 aliphatic heterocycles. The molecule has 0 spiro atoms. The van der Waals surface area contributed by atoms with E-state index in [1.54, 1.807) is 0 Å². The molecule has 1 saturated carbocycles. The van der Waals surface area contributed by atoms with Crippen molar-refractivity contribution >= 4 is 5.96 Å². The first-order valence-electron chi connectivity index (χ1n) is 5.45. The Morgan fingerprint density at radius 2 is 2.31 bits per heavy atom. The molecular weight excluding hydrogens is 212 g/mol. The molecule has 5 heteroatoms. The summed E-state index contributed by atoms with van der Waals surface area (Å²) in [5.74, 6) is -2.19. The third-order valence-electron chi connectivity index (χ3n) is 2.60. The molecule has 3 nitrogen and oxygen atoms in total. The van der Waals surface area contributed by atoms with Crippen LogP contribution in [0.15, 0.2) is 17.1 Å². The van der Waals surface area contributed by atoms with Crippen molar-refractivity contribution in [3.8, 4) is 0 Å². The normalized spacial score (nSPS) is 24.4. The minimum Gasteiger partial charge on any atom is -0.370 e. The van der Waals surface area contributed by atoms with Gasteiger partial charge in [-0.25, -0.2) is 13.8 Å². The van der Waals surface area contributed by atoms with Crippen LogP contribution in [0.25, 0.3) is 0 Å². The van der Waals surface area contributed by atoms with Gasteiger partial charge in [0.1, 0.15) is 0 Å².